The van der Waals surface area contributed by atoms with Crippen molar-refractivity contribution >= 4 is 29.0 Å². The van der Waals surface area contributed by atoms with E-state index in [1.165, 1.54) is 0 Å². The second-order valence-corrected chi connectivity index (χ2v) is 4.83. The number of hydrogen-bond acceptors (Lipinski definition) is 4. The average molecular weight is 310 g/mol. The minimum Gasteiger partial charge on any atom is -0.462 e. The molecule has 0 atom stereocenters. The molecular weight excluding hydrogens is 288 g/mol. The number of carbonyl (C=O) groups is 1. The maximum absolute atomic E-state index is 11.8. The summed E-state index contributed by atoms with van der Waals surface area (Å²) in [4.78, 5) is 11.8. The van der Waals surface area contributed by atoms with E-state index in [1.54, 1.807) is 26.2 Å². The summed E-state index contributed by atoms with van der Waals surface area (Å²) in [6, 6.07) is 5.42. The average Bonchev–Trinajstić information content (AvgIpc) is 2.46. The van der Waals surface area contributed by atoms with Crippen LogP contribution in [0, 0.1) is 6.92 Å². The highest BCUT2D eigenvalue weighted by Crippen LogP contribution is 2.19. The van der Waals surface area contributed by atoms with Crippen LogP contribution in [0.2, 0.25) is 0 Å². The van der Waals surface area contributed by atoms with E-state index in [0.717, 1.165) is 24.2 Å². The predicted octanol–water partition coefficient (Wildman–Crippen LogP) is 2.49. The zero-order valence-corrected chi connectivity index (χ0v) is 13.5. The molecular formula is C15H22N2O3S. The Hall–Kier alpha value is -1.66. The van der Waals surface area contributed by atoms with Crippen LogP contribution in [0.5, 0.6) is 0 Å². The van der Waals surface area contributed by atoms with E-state index in [9.17, 15) is 4.79 Å². The highest BCUT2D eigenvalue weighted by atomic mass is 32.1. The number of hydrogen-bond donors (Lipinski definition) is 2. The molecule has 1 aromatic carbocycles. The van der Waals surface area contributed by atoms with E-state index in [0.29, 0.717) is 23.9 Å². The molecule has 2 N–H and O–H groups in total. The van der Waals surface area contributed by atoms with Crippen molar-refractivity contribution in [3.8, 4) is 0 Å². The SMILES string of the molecule is CCOC(=O)c1cccc(NC(=S)NCCCOC)c1C. The Labute approximate surface area is 131 Å². The lowest BCUT2D eigenvalue weighted by molar-refractivity contribution is 0.0525. The first-order valence-corrected chi connectivity index (χ1v) is 7.31. The van der Waals surface area contributed by atoms with Crippen LogP contribution in [-0.2, 0) is 9.47 Å². The van der Waals surface area contributed by atoms with Gasteiger partial charge in [0.15, 0.2) is 5.11 Å². The molecule has 0 aliphatic carbocycles. The normalized spacial score (nSPS) is 10.0. The zero-order valence-electron chi connectivity index (χ0n) is 12.7. The molecule has 116 valence electrons. The molecule has 1 rings (SSSR count). The van der Waals surface area contributed by atoms with Crippen molar-refractivity contribution in [1.82, 2.24) is 5.32 Å². The van der Waals surface area contributed by atoms with Crippen LogP contribution in [0.4, 0.5) is 5.69 Å². The summed E-state index contributed by atoms with van der Waals surface area (Å²) < 4.78 is 10.0. The summed E-state index contributed by atoms with van der Waals surface area (Å²) in [5.74, 6) is -0.322. The molecule has 0 aliphatic rings. The highest BCUT2D eigenvalue weighted by molar-refractivity contribution is 7.80. The summed E-state index contributed by atoms with van der Waals surface area (Å²) in [6.45, 7) is 5.43. The Balaban J connectivity index is 2.65. The molecule has 6 heteroatoms. The monoisotopic (exact) mass is 310 g/mol. The third-order valence-corrected chi connectivity index (χ3v) is 3.13. The smallest absolute Gasteiger partial charge is 0.338 e. The van der Waals surface area contributed by atoms with Gasteiger partial charge in [0.05, 0.1) is 12.2 Å². The first-order valence-electron chi connectivity index (χ1n) is 6.90. The van der Waals surface area contributed by atoms with Crippen molar-refractivity contribution in [2.45, 2.75) is 20.3 Å². The van der Waals surface area contributed by atoms with E-state index in [-0.39, 0.29) is 5.97 Å². The third kappa shape index (κ3) is 5.69. The minimum absolute atomic E-state index is 0.322. The van der Waals surface area contributed by atoms with Gasteiger partial charge in [-0.3, -0.25) is 0 Å². The second kappa shape index (κ2) is 9.31. The maximum Gasteiger partial charge on any atom is 0.338 e. The number of nitrogens with one attached hydrogen (secondary N) is 2. The van der Waals surface area contributed by atoms with Crippen molar-refractivity contribution < 1.29 is 14.3 Å². The van der Waals surface area contributed by atoms with Crippen LogP contribution in [0.3, 0.4) is 0 Å². The fourth-order valence-corrected chi connectivity index (χ4v) is 2.00. The Morgan fingerprint density at radius 3 is 2.81 bits per heavy atom. The van der Waals surface area contributed by atoms with Gasteiger partial charge in [-0.2, -0.15) is 0 Å². The molecule has 0 radical (unpaired) electrons. The fourth-order valence-electron chi connectivity index (χ4n) is 1.79. The van der Waals surface area contributed by atoms with Gasteiger partial charge in [-0.05, 0) is 50.2 Å². The van der Waals surface area contributed by atoms with Gasteiger partial charge in [-0.25, -0.2) is 4.79 Å². The van der Waals surface area contributed by atoms with Crippen LogP contribution in [0.1, 0.15) is 29.3 Å². The zero-order chi connectivity index (χ0) is 15.7. The van der Waals surface area contributed by atoms with Gasteiger partial charge in [-0.15, -0.1) is 0 Å². The predicted molar refractivity (Wildman–Crippen MR) is 87.9 cm³/mol. The summed E-state index contributed by atoms with van der Waals surface area (Å²) in [5.41, 5.74) is 2.16. The number of methoxy groups -OCH3 is 1. The van der Waals surface area contributed by atoms with Gasteiger partial charge in [0.25, 0.3) is 0 Å². The molecule has 21 heavy (non-hydrogen) atoms. The van der Waals surface area contributed by atoms with E-state index in [4.69, 9.17) is 21.7 Å². The lowest BCUT2D eigenvalue weighted by Gasteiger charge is -2.14. The standard InChI is InChI=1S/C15H22N2O3S/c1-4-20-14(18)12-7-5-8-13(11(12)2)17-15(21)16-9-6-10-19-3/h5,7-8H,4,6,9-10H2,1-3H3,(H2,16,17,21). The van der Waals surface area contributed by atoms with Crippen molar-refractivity contribution in [2.24, 2.45) is 0 Å². The van der Waals surface area contributed by atoms with Crippen LogP contribution in [0.25, 0.3) is 0 Å². The van der Waals surface area contributed by atoms with Gasteiger partial charge in [-0.1, -0.05) is 6.07 Å². The molecule has 0 spiro atoms. The van der Waals surface area contributed by atoms with Gasteiger partial charge in [0.2, 0.25) is 0 Å². The third-order valence-electron chi connectivity index (χ3n) is 2.89. The van der Waals surface area contributed by atoms with Gasteiger partial charge >= 0.3 is 5.97 Å². The summed E-state index contributed by atoms with van der Waals surface area (Å²) >= 11 is 5.23. The number of rotatable bonds is 7. The molecule has 0 amide bonds. The van der Waals surface area contributed by atoms with Crippen molar-refractivity contribution in [3.63, 3.8) is 0 Å². The molecule has 5 nitrogen and oxygen atoms in total. The quantitative estimate of drug-likeness (QED) is 0.458. The highest BCUT2D eigenvalue weighted by Gasteiger charge is 2.12. The minimum atomic E-state index is -0.322. The Morgan fingerprint density at radius 1 is 1.38 bits per heavy atom. The second-order valence-electron chi connectivity index (χ2n) is 4.43. The Morgan fingerprint density at radius 2 is 2.14 bits per heavy atom. The molecule has 0 bridgehead atoms. The number of anilines is 1. The first kappa shape index (κ1) is 17.4. The van der Waals surface area contributed by atoms with Gasteiger partial charge in [0.1, 0.15) is 0 Å². The number of esters is 1. The number of benzene rings is 1. The van der Waals surface area contributed by atoms with E-state index in [2.05, 4.69) is 10.6 Å². The molecule has 0 aliphatic heterocycles. The Bertz CT molecular complexity index is 492. The number of thiocarbonyl (C=S) groups is 1. The number of ether oxygens (including phenoxy) is 2. The molecule has 0 heterocycles. The van der Waals surface area contributed by atoms with Crippen LogP contribution < -0.4 is 10.6 Å². The first-order chi connectivity index (χ1) is 10.1. The lowest BCUT2D eigenvalue weighted by Crippen LogP contribution is -2.30. The molecule has 0 saturated heterocycles. The maximum atomic E-state index is 11.8. The van der Waals surface area contributed by atoms with Crippen LogP contribution in [0.15, 0.2) is 18.2 Å². The molecule has 0 aromatic heterocycles. The van der Waals surface area contributed by atoms with E-state index in [1.807, 2.05) is 13.0 Å². The molecule has 0 unspecified atom stereocenters. The summed E-state index contributed by atoms with van der Waals surface area (Å²) in [5, 5.41) is 6.71. The number of carbonyl (C=O) groups excluding carboxylic acids is 1. The largest absolute Gasteiger partial charge is 0.462 e. The van der Waals surface area contributed by atoms with Crippen molar-refractivity contribution in [1.29, 1.82) is 0 Å². The van der Waals surface area contributed by atoms with Gasteiger partial charge < -0.3 is 20.1 Å². The van der Waals surface area contributed by atoms with Gasteiger partial charge in [0, 0.05) is 25.9 Å². The summed E-state index contributed by atoms with van der Waals surface area (Å²) in [6.07, 6.45) is 0.875. The Kier molecular flexibility index (Phi) is 7.71. The van der Waals surface area contributed by atoms with E-state index < -0.39 is 0 Å². The fraction of sp³-hybridized carbons (Fsp3) is 0.467. The molecule has 0 saturated carbocycles. The van der Waals surface area contributed by atoms with Crippen LogP contribution in [-0.4, -0.2) is 38.0 Å². The molecule has 1 aromatic rings. The van der Waals surface area contributed by atoms with E-state index >= 15 is 0 Å². The van der Waals surface area contributed by atoms with Crippen molar-refractivity contribution in [2.75, 3.05) is 32.2 Å². The topological polar surface area (TPSA) is 59.6 Å². The molecule has 0 fully saturated rings. The lowest BCUT2D eigenvalue weighted by atomic mass is 10.1. The summed E-state index contributed by atoms with van der Waals surface area (Å²) in [7, 11) is 1.67. The van der Waals surface area contributed by atoms with Crippen molar-refractivity contribution in [3.05, 3.63) is 29.3 Å². The van der Waals surface area contributed by atoms with Crippen LogP contribution >= 0.6 is 12.2 Å².